The molecule has 1 unspecified atom stereocenters. The summed E-state index contributed by atoms with van der Waals surface area (Å²) in [5.41, 5.74) is 7.89. The summed E-state index contributed by atoms with van der Waals surface area (Å²) in [5, 5.41) is 11.8. The highest BCUT2D eigenvalue weighted by atomic mass is 19.4. The van der Waals surface area contributed by atoms with Gasteiger partial charge in [-0.15, -0.1) is 0 Å². The van der Waals surface area contributed by atoms with E-state index in [-0.39, 0.29) is 25.7 Å². The minimum Gasteiger partial charge on any atom is -0.453 e. The third-order valence-electron chi connectivity index (χ3n) is 13.5. The van der Waals surface area contributed by atoms with Gasteiger partial charge in [-0.1, -0.05) is 96.8 Å². The van der Waals surface area contributed by atoms with E-state index in [0.29, 0.717) is 16.6 Å². The first kappa shape index (κ1) is 37.1. The Bertz CT molecular complexity index is 1930. The molecule has 0 aromatic carbocycles. The number of nitrogens with two attached hydrogens (primary N) is 1. The van der Waals surface area contributed by atoms with Crippen molar-refractivity contribution in [3.63, 3.8) is 0 Å². The summed E-state index contributed by atoms with van der Waals surface area (Å²) in [6.07, 6.45) is -1.00. The molecular formula is C48H81BF3N2O5. The Morgan fingerprint density at radius 3 is 2.17 bits per heavy atom. The summed E-state index contributed by atoms with van der Waals surface area (Å²) in [4.78, 5) is 22.1. The van der Waals surface area contributed by atoms with Crippen LogP contribution in [0.5, 0.6) is 0 Å². The second-order valence-corrected chi connectivity index (χ2v) is 19.3. The van der Waals surface area contributed by atoms with Crippen LogP contribution in [0.25, 0.3) is 0 Å². The molecule has 0 aromatic rings. The number of alkyl halides is 3. The number of esters is 1. The summed E-state index contributed by atoms with van der Waals surface area (Å²) >= 11 is 0. The van der Waals surface area contributed by atoms with E-state index < -0.39 is 79.8 Å². The van der Waals surface area contributed by atoms with Crippen molar-refractivity contribution in [1.82, 2.24) is 5.32 Å². The maximum absolute atomic E-state index is 11.7. The van der Waals surface area contributed by atoms with Crippen molar-refractivity contribution in [2.45, 2.75) is 176 Å². The highest BCUT2D eigenvalue weighted by molar-refractivity contribution is 6.12. The van der Waals surface area contributed by atoms with Crippen LogP contribution in [0.1, 0.15) is 154 Å². The number of allylic oxidation sites excluding steroid dienone is 3. The van der Waals surface area contributed by atoms with E-state index in [4.69, 9.17) is 25.5 Å². The smallest absolute Gasteiger partial charge is 0.422 e. The molecule has 1 amide bonds. The van der Waals surface area contributed by atoms with Gasteiger partial charge in [-0.3, -0.25) is 0 Å². The number of aliphatic hydroxyl groups is 1. The van der Waals surface area contributed by atoms with Gasteiger partial charge in [-0.05, 0) is 152 Å². The van der Waals surface area contributed by atoms with Gasteiger partial charge in [0.15, 0.2) is 6.61 Å². The van der Waals surface area contributed by atoms with Gasteiger partial charge in [-0.2, -0.15) is 13.2 Å². The number of hydrogen-bond acceptors (Lipinski definition) is 6. The molecule has 7 fully saturated rings. The van der Waals surface area contributed by atoms with Crippen LogP contribution in [0.3, 0.4) is 0 Å². The quantitative estimate of drug-likeness (QED) is 0.0807. The zero-order valence-corrected chi connectivity index (χ0v) is 37.5. The normalized spacial score (nSPS) is 44.2. The molecule has 59 heavy (non-hydrogen) atoms. The lowest BCUT2D eigenvalue weighted by Crippen LogP contribution is -2.65. The summed E-state index contributed by atoms with van der Waals surface area (Å²) in [6.45, 7) is 27.1. The predicted molar refractivity (Wildman–Crippen MR) is 237 cm³/mol. The number of hydrogen-bond donors (Lipinski definition) is 3. The molecule has 4 N–H and O–H groups in total. The lowest BCUT2D eigenvalue weighted by molar-refractivity contribution is -0.227. The molecule has 337 valence electrons. The van der Waals surface area contributed by atoms with Crippen molar-refractivity contribution in [2.24, 2.45) is 63.9 Å². The van der Waals surface area contributed by atoms with Gasteiger partial charge in [0.1, 0.15) is 5.60 Å². The first-order valence-electron chi connectivity index (χ1n) is 26.5. The standard InChI is InChI=1S/C19H32B.C12H21NO2.C7H15NO.C5H5F3O2.C5H8/c1-10-14-6-12(18(14,3)4)7-15(10)19(5)13-8-16(19)11(2)17(20)9-13;1-9-5-7-10(8-6-9)13-11(14)15-12(2,3)4;1-5-2-3-6(8)4-7(5)9;1-2-4(9)10-3-5(6,7)8;1-4-5(2)3/h10-17,20H,6-9H2,1-5H3;5,10H,6-8H2,1-4H3,(H,13,14);5-7,9H,2-4,8H2,1H3;2H,1,3H2;4H,1-2H2,3H3/t10-,11-,12+,13+,14-,15-,16-,17-,19?;10-;5-,6+,7+;;/m000../s1/i20D;8D2,10D;3D2,5D,6D;1D2,2D;. The van der Waals surface area contributed by atoms with Crippen molar-refractivity contribution >= 4 is 19.9 Å². The Hall–Kier alpha value is -2.53. The molecule has 7 nitrogen and oxygen atoms in total. The van der Waals surface area contributed by atoms with E-state index in [1.54, 1.807) is 40.7 Å². The Balaban J connectivity index is 0.000000316. The van der Waals surface area contributed by atoms with Crippen LogP contribution in [-0.4, -0.2) is 62.8 Å². The molecule has 0 saturated heterocycles. The minimum absolute atomic E-state index is 0.144. The van der Waals surface area contributed by atoms with Crippen molar-refractivity contribution in [2.75, 3.05) is 6.61 Å². The largest absolute Gasteiger partial charge is 0.453 e. The number of carbonyl (C=O) groups is 2. The highest BCUT2D eigenvalue weighted by Crippen LogP contribution is 2.74. The number of carbonyl (C=O) groups excluding carboxylic acids is 2. The van der Waals surface area contributed by atoms with Crippen molar-refractivity contribution < 1.29 is 51.0 Å². The zero-order valence-electron chi connectivity index (χ0n) is 48.5. The predicted octanol–water partition coefficient (Wildman–Crippen LogP) is 11.2. The van der Waals surface area contributed by atoms with Gasteiger partial charge < -0.3 is 25.6 Å². The molecule has 0 spiro atoms. The maximum atomic E-state index is 11.7. The number of ether oxygens (including phenoxy) is 2. The van der Waals surface area contributed by atoms with Crippen LogP contribution in [0.4, 0.5) is 18.0 Å². The average molecular weight is 845 g/mol. The van der Waals surface area contributed by atoms with Crippen LogP contribution in [-0.2, 0) is 14.3 Å². The number of rotatable bonds is 6. The van der Waals surface area contributed by atoms with E-state index in [1.807, 2.05) is 13.8 Å². The number of nitrogens with one attached hydrogen (secondary N) is 1. The molecule has 8 rings (SSSR count). The summed E-state index contributed by atoms with van der Waals surface area (Å²) < 4.78 is 124. The molecular weight excluding hydrogens is 752 g/mol. The van der Waals surface area contributed by atoms with Gasteiger partial charge >= 0.3 is 18.2 Å². The minimum atomic E-state index is -4.67. The number of fused-ring (bicyclic) bond motifs is 5. The molecule has 1 radical (unpaired) electrons. The van der Waals surface area contributed by atoms with E-state index >= 15 is 0 Å². The second-order valence-electron chi connectivity index (χ2n) is 19.3. The lowest BCUT2D eigenvalue weighted by atomic mass is 9.32. The van der Waals surface area contributed by atoms with Crippen LogP contribution >= 0.6 is 0 Å². The number of halogens is 3. The topological polar surface area (TPSA) is 111 Å². The molecule has 0 aliphatic heterocycles. The Kier molecular flexibility index (Phi) is 13.8. The first-order valence-corrected chi connectivity index (χ1v) is 20.9. The maximum Gasteiger partial charge on any atom is 0.422 e. The van der Waals surface area contributed by atoms with Crippen molar-refractivity contribution in [1.29, 1.82) is 1.34 Å². The van der Waals surface area contributed by atoms with E-state index in [9.17, 15) is 27.9 Å². The molecule has 11 heteroatoms. The number of aliphatic hydroxyl groups excluding tert-OH is 1. The van der Waals surface area contributed by atoms with Crippen LogP contribution in [0.15, 0.2) is 49.0 Å². The number of alkyl carbamates (subject to hydrolysis) is 1. The fourth-order valence-electron chi connectivity index (χ4n) is 9.68. The van der Waals surface area contributed by atoms with Crippen LogP contribution in [0.2, 0.25) is 5.82 Å². The molecule has 4 bridgehead atoms. The Labute approximate surface area is 372 Å². The summed E-state index contributed by atoms with van der Waals surface area (Å²) in [5.74, 6) is 4.13. The van der Waals surface area contributed by atoms with Gasteiger partial charge in [0.2, 0.25) is 0 Å². The summed E-state index contributed by atoms with van der Waals surface area (Å²) in [7, 11) is 1.76. The molecule has 8 aliphatic rings. The lowest BCUT2D eigenvalue weighted by Gasteiger charge is -2.72. The fraction of sp³-hybridized carbons (Fsp3) is 0.792. The molecule has 0 aromatic heterocycles. The highest BCUT2D eigenvalue weighted by Gasteiger charge is 2.66. The molecule has 0 heterocycles. The van der Waals surface area contributed by atoms with Crippen molar-refractivity contribution in [3.05, 3.63) is 49.0 Å². The van der Waals surface area contributed by atoms with E-state index in [1.165, 1.54) is 32.6 Å². The monoisotopic (exact) mass is 845 g/mol. The van der Waals surface area contributed by atoms with Crippen LogP contribution in [0, 0.1) is 58.1 Å². The van der Waals surface area contributed by atoms with E-state index in [0.717, 1.165) is 52.6 Å². The van der Waals surface area contributed by atoms with Gasteiger partial charge in [0.05, 0.1) is 19.4 Å². The second kappa shape index (κ2) is 22.0. The Morgan fingerprint density at radius 2 is 1.69 bits per heavy atom. The molecule has 13 atom stereocenters. The van der Waals surface area contributed by atoms with E-state index in [2.05, 4.69) is 57.8 Å². The first-order chi connectivity index (χ1) is 31.4. The fourth-order valence-corrected chi connectivity index (χ4v) is 9.68. The van der Waals surface area contributed by atoms with Gasteiger partial charge in [0.25, 0.3) is 0 Å². The van der Waals surface area contributed by atoms with Gasteiger partial charge in [0, 0.05) is 26.3 Å². The average Bonchev–Trinajstić information content (AvgIpc) is 3.19. The zero-order chi connectivity index (χ0) is 54.8. The summed E-state index contributed by atoms with van der Waals surface area (Å²) in [6, 6.07) is -4.66. The Morgan fingerprint density at radius 1 is 1.10 bits per heavy atom. The SMILES string of the molecule is C=CC(=C)C.[2H]C([2H])=C([2H])C(=O)OCC(F)(F)F.[2H]C1([2H])CC(C)=CC[C@]1([2H])NC(=O)OC(C)(C)C.[2H]C1([2H])C[C@]([2H])(C)[C@H](O)C[C@]1([2H])N.[2H][B][C@H]1C[C@H]2C[C@@H]([C@@H]1C)C2(C)[C@H]1C[C@H]2C[C@@H]([C@@H]1C)C2(C)C. The molecule has 7 saturated carbocycles. The molecule has 8 aliphatic carbocycles. The van der Waals surface area contributed by atoms with Crippen LogP contribution < -0.4 is 11.1 Å². The third kappa shape index (κ3) is 15.4. The van der Waals surface area contributed by atoms with Gasteiger partial charge in [-0.25, -0.2) is 9.59 Å². The number of amides is 1. The third-order valence-corrected chi connectivity index (χ3v) is 13.5. The van der Waals surface area contributed by atoms with Crippen molar-refractivity contribution in [3.8, 4) is 0 Å².